The van der Waals surface area contributed by atoms with Gasteiger partial charge in [-0.1, -0.05) is 18.2 Å². The van der Waals surface area contributed by atoms with Gasteiger partial charge in [0.25, 0.3) is 5.91 Å². The van der Waals surface area contributed by atoms with Crippen LogP contribution in [-0.2, 0) is 9.59 Å². The highest BCUT2D eigenvalue weighted by molar-refractivity contribution is 6.21. The van der Waals surface area contributed by atoms with E-state index < -0.39 is 0 Å². The van der Waals surface area contributed by atoms with Crippen LogP contribution in [0.2, 0.25) is 0 Å². The van der Waals surface area contributed by atoms with Crippen LogP contribution in [0.1, 0.15) is 12.0 Å². The summed E-state index contributed by atoms with van der Waals surface area (Å²) in [6, 6.07) is 15.4. The third-order valence-corrected chi connectivity index (χ3v) is 5.72. The van der Waals surface area contributed by atoms with E-state index in [0.717, 1.165) is 43.2 Å². The van der Waals surface area contributed by atoms with Crippen molar-refractivity contribution < 1.29 is 19.2 Å². The highest BCUT2D eigenvalue weighted by Crippen LogP contribution is 2.24. The Hall–Kier alpha value is -2.86. The minimum Gasteiger partial charge on any atom is -0.497 e. The first kappa shape index (κ1) is 18.5. The Bertz CT molecular complexity index is 890. The number of carbonyl (C=O) groups is 2. The number of hydrogen-bond acceptors (Lipinski definition) is 4. The summed E-state index contributed by atoms with van der Waals surface area (Å²) in [6.45, 7) is 5.34. The number of hydrogen-bond donors (Lipinski definition) is 1. The fourth-order valence-electron chi connectivity index (χ4n) is 4.20. The van der Waals surface area contributed by atoms with E-state index in [2.05, 4.69) is 11.0 Å². The number of aryl methyl sites for hydroxylation is 1. The standard InChI is InChI=1S/C22H25N3O3/c1-16-5-3-7-18(13-16)25-21(26)15-20(22(25)27)24-11-9-23(10-12-24)17-6-4-8-19(14-17)28-2/h3-8,13-14,20H,9-12,15H2,1-2H3/p+1/t20-/m0/s1. The molecule has 28 heavy (non-hydrogen) atoms. The normalized spacial score (nSPS) is 20.7. The molecule has 2 aliphatic rings. The molecule has 0 saturated carbocycles. The third-order valence-electron chi connectivity index (χ3n) is 5.72. The zero-order chi connectivity index (χ0) is 19.7. The molecule has 2 aromatic carbocycles. The highest BCUT2D eigenvalue weighted by atomic mass is 16.5. The SMILES string of the molecule is COc1cccc(N2CC[NH+]([C@H]3CC(=O)N(c4cccc(C)c4)C3=O)CC2)c1. The lowest BCUT2D eigenvalue weighted by Crippen LogP contribution is -3.19. The number of methoxy groups -OCH3 is 1. The molecule has 2 aliphatic heterocycles. The molecule has 4 rings (SSSR count). The van der Waals surface area contributed by atoms with Crippen LogP contribution in [0.5, 0.6) is 5.75 Å². The summed E-state index contributed by atoms with van der Waals surface area (Å²) in [5.41, 5.74) is 2.86. The van der Waals surface area contributed by atoms with Crippen molar-refractivity contribution in [2.24, 2.45) is 0 Å². The number of rotatable bonds is 4. The Morgan fingerprint density at radius 3 is 2.43 bits per heavy atom. The largest absolute Gasteiger partial charge is 0.497 e. The second kappa shape index (κ2) is 7.64. The molecule has 0 spiro atoms. The first-order valence-electron chi connectivity index (χ1n) is 9.74. The number of quaternary nitrogens is 1. The lowest BCUT2D eigenvalue weighted by atomic mass is 10.1. The molecule has 0 aromatic heterocycles. The number of amides is 2. The molecule has 2 heterocycles. The van der Waals surface area contributed by atoms with Crippen LogP contribution in [-0.4, -0.2) is 51.1 Å². The van der Waals surface area contributed by atoms with Crippen LogP contribution in [0, 0.1) is 6.92 Å². The predicted octanol–water partition coefficient (Wildman–Crippen LogP) is 1.04. The molecule has 146 valence electrons. The van der Waals surface area contributed by atoms with Gasteiger partial charge in [-0.25, -0.2) is 4.90 Å². The maximum atomic E-state index is 13.0. The number of piperazine rings is 1. The van der Waals surface area contributed by atoms with Crippen LogP contribution >= 0.6 is 0 Å². The number of nitrogens with one attached hydrogen (secondary N) is 1. The minimum atomic E-state index is -0.277. The Kier molecular flexibility index (Phi) is 5.05. The van der Waals surface area contributed by atoms with Gasteiger partial charge in [0.1, 0.15) is 5.75 Å². The monoisotopic (exact) mass is 380 g/mol. The number of nitrogens with zero attached hydrogens (tertiary/aromatic N) is 2. The predicted molar refractivity (Wildman–Crippen MR) is 108 cm³/mol. The topological polar surface area (TPSA) is 54.3 Å². The van der Waals surface area contributed by atoms with Crippen molar-refractivity contribution >= 4 is 23.2 Å². The van der Waals surface area contributed by atoms with Gasteiger partial charge in [-0.15, -0.1) is 0 Å². The molecule has 1 N–H and O–H groups in total. The summed E-state index contributed by atoms with van der Waals surface area (Å²) in [5.74, 6) is 0.682. The summed E-state index contributed by atoms with van der Waals surface area (Å²) < 4.78 is 5.32. The second-order valence-corrected chi connectivity index (χ2v) is 7.51. The van der Waals surface area contributed by atoms with Gasteiger partial charge in [-0.05, 0) is 36.8 Å². The van der Waals surface area contributed by atoms with Crippen LogP contribution in [0.25, 0.3) is 0 Å². The summed E-state index contributed by atoms with van der Waals surface area (Å²) in [4.78, 5) is 30.5. The fourth-order valence-corrected chi connectivity index (χ4v) is 4.20. The maximum Gasteiger partial charge on any atom is 0.292 e. The zero-order valence-electron chi connectivity index (χ0n) is 16.4. The summed E-state index contributed by atoms with van der Waals surface area (Å²) in [5, 5.41) is 0. The fraction of sp³-hybridized carbons (Fsp3) is 0.364. The second-order valence-electron chi connectivity index (χ2n) is 7.51. The van der Waals surface area contributed by atoms with Gasteiger partial charge in [0.05, 0.1) is 45.4 Å². The summed E-state index contributed by atoms with van der Waals surface area (Å²) in [7, 11) is 1.67. The van der Waals surface area contributed by atoms with Crippen molar-refractivity contribution in [1.29, 1.82) is 0 Å². The van der Waals surface area contributed by atoms with Gasteiger partial charge in [-0.2, -0.15) is 0 Å². The quantitative estimate of drug-likeness (QED) is 0.806. The molecule has 0 unspecified atom stereocenters. The molecular weight excluding hydrogens is 354 g/mol. The van der Waals surface area contributed by atoms with E-state index in [0.29, 0.717) is 12.1 Å². The zero-order valence-corrected chi connectivity index (χ0v) is 16.4. The van der Waals surface area contributed by atoms with Crippen LogP contribution in [0.15, 0.2) is 48.5 Å². The average Bonchev–Trinajstić information content (AvgIpc) is 3.02. The maximum absolute atomic E-state index is 13.0. The number of benzene rings is 2. The first-order chi connectivity index (χ1) is 13.6. The Labute approximate surface area is 165 Å². The lowest BCUT2D eigenvalue weighted by molar-refractivity contribution is -0.915. The van der Waals surface area contributed by atoms with Crippen LogP contribution in [0.4, 0.5) is 11.4 Å². The van der Waals surface area contributed by atoms with Crippen molar-refractivity contribution in [2.75, 3.05) is 43.1 Å². The first-order valence-corrected chi connectivity index (χ1v) is 9.74. The van der Waals surface area contributed by atoms with Gasteiger partial charge >= 0.3 is 0 Å². The molecule has 0 radical (unpaired) electrons. The van der Waals surface area contributed by atoms with E-state index >= 15 is 0 Å². The third kappa shape index (κ3) is 3.47. The average molecular weight is 380 g/mol. The minimum absolute atomic E-state index is 0.0690. The van der Waals surface area contributed by atoms with E-state index in [1.54, 1.807) is 7.11 Å². The highest BCUT2D eigenvalue weighted by Gasteiger charge is 2.46. The van der Waals surface area contributed by atoms with Gasteiger partial charge < -0.3 is 14.5 Å². The van der Waals surface area contributed by atoms with Gasteiger partial charge in [0.2, 0.25) is 5.91 Å². The van der Waals surface area contributed by atoms with E-state index in [1.807, 2.05) is 49.4 Å². The Morgan fingerprint density at radius 2 is 1.71 bits per heavy atom. The molecular formula is C22H26N3O3+. The molecule has 2 fully saturated rings. The number of ether oxygens (including phenoxy) is 1. The van der Waals surface area contributed by atoms with Crippen molar-refractivity contribution in [1.82, 2.24) is 0 Å². The number of carbonyl (C=O) groups excluding carboxylic acids is 2. The van der Waals surface area contributed by atoms with Gasteiger partial charge in [-0.3, -0.25) is 9.59 Å². The van der Waals surface area contributed by atoms with Crippen LogP contribution < -0.4 is 19.4 Å². The molecule has 2 saturated heterocycles. The van der Waals surface area contributed by atoms with E-state index in [1.165, 1.54) is 9.80 Å². The number of imide groups is 1. The van der Waals surface area contributed by atoms with Gasteiger partial charge in [0, 0.05) is 11.8 Å². The molecule has 1 atom stereocenters. The summed E-state index contributed by atoms with van der Waals surface area (Å²) >= 11 is 0. The summed E-state index contributed by atoms with van der Waals surface area (Å²) in [6.07, 6.45) is 0.293. The Balaban J connectivity index is 1.43. The molecule has 2 aromatic rings. The van der Waals surface area contributed by atoms with Crippen molar-refractivity contribution in [3.05, 3.63) is 54.1 Å². The molecule has 6 heteroatoms. The molecule has 0 bridgehead atoms. The molecule has 0 aliphatic carbocycles. The van der Waals surface area contributed by atoms with E-state index in [-0.39, 0.29) is 17.9 Å². The Morgan fingerprint density at radius 1 is 1.00 bits per heavy atom. The van der Waals surface area contributed by atoms with Crippen molar-refractivity contribution in [3.63, 3.8) is 0 Å². The van der Waals surface area contributed by atoms with E-state index in [4.69, 9.17) is 4.74 Å². The van der Waals surface area contributed by atoms with Crippen LogP contribution in [0.3, 0.4) is 0 Å². The van der Waals surface area contributed by atoms with Crippen molar-refractivity contribution in [3.8, 4) is 5.75 Å². The smallest absolute Gasteiger partial charge is 0.292 e. The van der Waals surface area contributed by atoms with E-state index in [9.17, 15) is 9.59 Å². The van der Waals surface area contributed by atoms with Gasteiger partial charge in [0.15, 0.2) is 6.04 Å². The molecule has 2 amide bonds. The lowest BCUT2D eigenvalue weighted by Gasteiger charge is -2.35. The van der Waals surface area contributed by atoms with Crippen molar-refractivity contribution in [2.45, 2.75) is 19.4 Å². The molecule has 6 nitrogen and oxygen atoms in total. The number of anilines is 2.